The van der Waals surface area contributed by atoms with Crippen LogP contribution in [0.3, 0.4) is 0 Å². The van der Waals surface area contributed by atoms with Gasteiger partial charge in [-0.1, -0.05) is 0 Å². The Morgan fingerprint density at radius 2 is 2.32 bits per heavy atom. The van der Waals surface area contributed by atoms with Crippen LogP contribution >= 0.6 is 15.9 Å². The number of methoxy groups -OCH3 is 1. The number of aromatic hydroxyl groups is 1. The number of aromatic nitrogens is 1. The Hall–Kier alpha value is -2.68. The van der Waals surface area contributed by atoms with E-state index in [1.54, 1.807) is 12.1 Å². The molecule has 1 aromatic carbocycles. The van der Waals surface area contributed by atoms with Crippen molar-refractivity contribution in [2.45, 2.75) is 0 Å². The Morgan fingerprint density at radius 3 is 3.00 bits per heavy atom. The number of anilines is 1. The highest BCUT2D eigenvalue weighted by Crippen LogP contribution is 2.34. The van der Waals surface area contributed by atoms with Gasteiger partial charge in [0.1, 0.15) is 0 Å². The normalized spacial score (nSPS) is 10.6. The molecule has 2 rings (SSSR count). The summed E-state index contributed by atoms with van der Waals surface area (Å²) in [6.07, 6.45) is 2.84. The summed E-state index contributed by atoms with van der Waals surface area (Å²) in [5, 5.41) is 24.5. The minimum absolute atomic E-state index is 0.0204. The lowest BCUT2D eigenvalue weighted by atomic mass is 10.2. The predicted molar refractivity (Wildman–Crippen MR) is 84.5 cm³/mol. The molecule has 0 aliphatic rings. The molecule has 0 unspecified atom stereocenters. The number of benzene rings is 1. The van der Waals surface area contributed by atoms with Crippen molar-refractivity contribution >= 4 is 33.6 Å². The number of halogens is 1. The second-order valence-corrected chi connectivity index (χ2v) is 4.91. The monoisotopic (exact) mass is 366 g/mol. The van der Waals surface area contributed by atoms with E-state index in [0.717, 1.165) is 0 Å². The zero-order valence-corrected chi connectivity index (χ0v) is 12.9. The Balaban J connectivity index is 2.20. The second-order valence-electron chi connectivity index (χ2n) is 4.05. The molecule has 9 heteroatoms. The van der Waals surface area contributed by atoms with Gasteiger partial charge in [0, 0.05) is 12.3 Å². The fraction of sp³-hybridized carbons (Fsp3) is 0.0769. The molecule has 0 bridgehead atoms. The van der Waals surface area contributed by atoms with E-state index in [9.17, 15) is 15.2 Å². The molecule has 0 saturated heterocycles. The molecule has 0 spiro atoms. The summed E-state index contributed by atoms with van der Waals surface area (Å²) in [6, 6.07) is 5.98. The molecule has 22 heavy (non-hydrogen) atoms. The van der Waals surface area contributed by atoms with Gasteiger partial charge < -0.3 is 9.84 Å². The van der Waals surface area contributed by atoms with Crippen LogP contribution in [-0.4, -0.2) is 28.3 Å². The first-order valence-electron chi connectivity index (χ1n) is 5.98. The van der Waals surface area contributed by atoms with Crippen molar-refractivity contribution in [3.05, 3.63) is 50.6 Å². The van der Waals surface area contributed by atoms with Gasteiger partial charge in [-0.05, 0) is 39.7 Å². The van der Waals surface area contributed by atoms with Crippen LogP contribution in [0.4, 0.5) is 11.5 Å². The van der Waals surface area contributed by atoms with Crippen LogP contribution in [0.1, 0.15) is 5.56 Å². The van der Waals surface area contributed by atoms with Gasteiger partial charge in [0.15, 0.2) is 11.5 Å². The second kappa shape index (κ2) is 6.85. The van der Waals surface area contributed by atoms with Gasteiger partial charge in [-0.25, -0.2) is 4.98 Å². The Labute approximate surface area is 133 Å². The number of phenols is 1. The minimum Gasteiger partial charge on any atom is -0.503 e. The number of nitrogens with zero attached hydrogens (tertiary/aromatic N) is 3. The van der Waals surface area contributed by atoms with E-state index in [4.69, 9.17) is 4.74 Å². The van der Waals surface area contributed by atoms with Crippen LogP contribution in [0.5, 0.6) is 11.5 Å². The fourth-order valence-corrected chi connectivity index (χ4v) is 2.08. The maximum absolute atomic E-state index is 10.8. The van der Waals surface area contributed by atoms with E-state index in [0.29, 0.717) is 10.0 Å². The highest BCUT2D eigenvalue weighted by atomic mass is 79.9. The number of nitro groups is 1. The fourth-order valence-electron chi connectivity index (χ4n) is 1.62. The van der Waals surface area contributed by atoms with E-state index < -0.39 is 4.92 Å². The van der Waals surface area contributed by atoms with Crippen molar-refractivity contribution in [2.24, 2.45) is 5.10 Å². The van der Waals surface area contributed by atoms with Crippen LogP contribution in [0.15, 0.2) is 40.0 Å². The minimum atomic E-state index is -0.551. The molecule has 8 nitrogen and oxygen atoms in total. The Bertz CT molecular complexity index is 736. The summed E-state index contributed by atoms with van der Waals surface area (Å²) >= 11 is 3.19. The summed E-state index contributed by atoms with van der Waals surface area (Å²) in [4.78, 5) is 14.1. The quantitative estimate of drug-likeness (QED) is 0.478. The molecule has 0 fully saturated rings. The van der Waals surface area contributed by atoms with Gasteiger partial charge in [0.2, 0.25) is 5.82 Å². The van der Waals surface area contributed by atoms with Gasteiger partial charge in [0.05, 0.1) is 22.7 Å². The van der Waals surface area contributed by atoms with Crippen molar-refractivity contribution in [3.63, 3.8) is 0 Å². The van der Waals surface area contributed by atoms with Crippen molar-refractivity contribution in [3.8, 4) is 11.5 Å². The van der Waals surface area contributed by atoms with Crippen molar-refractivity contribution < 1.29 is 14.8 Å². The van der Waals surface area contributed by atoms with Gasteiger partial charge in [0.25, 0.3) is 0 Å². The average molecular weight is 367 g/mol. The third-order valence-corrected chi connectivity index (χ3v) is 3.24. The maximum Gasteiger partial charge on any atom is 0.313 e. The molecule has 2 N–H and O–H groups in total. The molecule has 0 atom stereocenters. The van der Waals surface area contributed by atoms with E-state index in [1.165, 1.54) is 31.7 Å². The third-order valence-electron chi connectivity index (χ3n) is 2.64. The molecule has 0 saturated carbocycles. The van der Waals surface area contributed by atoms with E-state index in [-0.39, 0.29) is 23.0 Å². The lowest BCUT2D eigenvalue weighted by Crippen LogP contribution is -1.99. The lowest BCUT2D eigenvalue weighted by molar-refractivity contribution is -0.384. The Morgan fingerprint density at radius 1 is 1.55 bits per heavy atom. The Kier molecular flexibility index (Phi) is 4.89. The van der Waals surface area contributed by atoms with Crippen LogP contribution in [0.2, 0.25) is 0 Å². The summed E-state index contributed by atoms with van der Waals surface area (Å²) in [5.41, 5.74) is 2.95. The predicted octanol–water partition coefficient (Wildman–Crippen LogP) is 2.91. The zero-order valence-electron chi connectivity index (χ0n) is 11.4. The van der Waals surface area contributed by atoms with Gasteiger partial charge in [-0.15, -0.1) is 0 Å². The number of hydrogen-bond donors (Lipinski definition) is 2. The number of ether oxygens (including phenoxy) is 1. The van der Waals surface area contributed by atoms with Crippen LogP contribution in [-0.2, 0) is 0 Å². The molecule has 114 valence electrons. The number of hydrogen-bond acceptors (Lipinski definition) is 7. The molecule has 0 aliphatic carbocycles. The molecule has 2 aromatic rings. The highest BCUT2D eigenvalue weighted by Gasteiger charge is 2.13. The first kappa shape index (κ1) is 15.7. The highest BCUT2D eigenvalue weighted by molar-refractivity contribution is 9.10. The molecule has 0 amide bonds. The molecule has 1 aromatic heterocycles. The lowest BCUT2D eigenvalue weighted by Gasteiger charge is -2.06. The van der Waals surface area contributed by atoms with Crippen molar-refractivity contribution in [1.29, 1.82) is 0 Å². The van der Waals surface area contributed by atoms with Crippen molar-refractivity contribution in [1.82, 2.24) is 4.98 Å². The van der Waals surface area contributed by atoms with E-state index in [1.807, 2.05) is 0 Å². The van der Waals surface area contributed by atoms with E-state index in [2.05, 4.69) is 31.4 Å². The number of nitrogens with one attached hydrogen (secondary N) is 1. The van der Waals surface area contributed by atoms with Gasteiger partial charge in [-0.2, -0.15) is 5.10 Å². The number of pyridine rings is 1. The standard InChI is InChI=1S/C13H11BrN4O4/c1-22-11-6-8(5-9(14)12(11)19)7-16-17-13-10(18(20)21)3-2-4-15-13/h2-7,19H,1H3,(H,15,17). The summed E-state index contributed by atoms with van der Waals surface area (Å²) in [5.74, 6) is 0.293. The first-order chi connectivity index (χ1) is 10.5. The summed E-state index contributed by atoms with van der Waals surface area (Å²) < 4.78 is 5.46. The molecule has 0 aliphatic heterocycles. The maximum atomic E-state index is 10.8. The van der Waals surface area contributed by atoms with Crippen LogP contribution in [0, 0.1) is 10.1 Å². The van der Waals surface area contributed by atoms with Gasteiger partial charge in [-0.3, -0.25) is 15.5 Å². The smallest absolute Gasteiger partial charge is 0.313 e. The van der Waals surface area contributed by atoms with Crippen LogP contribution in [0.25, 0.3) is 0 Å². The molecular formula is C13H11BrN4O4. The summed E-state index contributed by atoms with van der Waals surface area (Å²) in [7, 11) is 1.43. The first-order valence-corrected chi connectivity index (χ1v) is 6.77. The average Bonchev–Trinajstić information content (AvgIpc) is 2.51. The number of hydrazone groups is 1. The SMILES string of the molecule is COc1cc(C=NNc2ncccc2[N+](=O)[O-])cc(Br)c1O. The third kappa shape index (κ3) is 3.50. The molecular weight excluding hydrogens is 356 g/mol. The number of phenolic OH excluding ortho intramolecular Hbond substituents is 1. The number of rotatable bonds is 5. The molecule has 0 radical (unpaired) electrons. The summed E-state index contributed by atoms with van der Waals surface area (Å²) in [6.45, 7) is 0. The molecule has 1 heterocycles. The van der Waals surface area contributed by atoms with Gasteiger partial charge >= 0.3 is 5.69 Å². The zero-order chi connectivity index (χ0) is 16.1. The topological polar surface area (TPSA) is 110 Å². The van der Waals surface area contributed by atoms with Crippen LogP contribution < -0.4 is 10.2 Å². The largest absolute Gasteiger partial charge is 0.503 e. The van der Waals surface area contributed by atoms with E-state index >= 15 is 0 Å². The van der Waals surface area contributed by atoms with Crippen molar-refractivity contribution in [2.75, 3.05) is 12.5 Å².